The van der Waals surface area contributed by atoms with Crippen molar-refractivity contribution in [1.82, 2.24) is 14.8 Å². The Morgan fingerprint density at radius 1 is 1.25 bits per heavy atom. The van der Waals surface area contributed by atoms with Crippen LogP contribution in [0.2, 0.25) is 0 Å². The standard InChI is InChI=1S/C18H25N3O3/c22-10-7-21(6-5-20-8-11-24-12-9-20)14-18(23)16-13-19-17-4-2-1-3-15(16)17/h1-4,13,19,22H,5-12,14H2. The summed E-state index contributed by atoms with van der Waals surface area (Å²) in [5, 5.41) is 10.3. The van der Waals surface area contributed by atoms with E-state index in [1.165, 1.54) is 0 Å². The Labute approximate surface area is 142 Å². The zero-order chi connectivity index (χ0) is 16.8. The van der Waals surface area contributed by atoms with E-state index in [-0.39, 0.29) is 12.4 Å². The number of H-pyrrole nitrogens is 1. The Bertz CT molecular complexity index is 664. The van der Waals surface area contributed by atoms with Crippen LogP contribution < -0.4 is 0 Å². The summed E-state index contributed by atoms with van der Waals surface area (Å²) in [6.07, 6.45) is 1.78. The summed E-state index contributed by atoms with van der Waals surface area (Å²) < 4.78 is 5.36. The SMILES string of the molecule is O=C(CN(CCO)CCN1CCOCC1)c1c[nH]c2ccccc12. The van der Waals surface area contributed by atoms with Crippen molar-refractivity contribution < 1.29 is 14.6 Å². The van der Waals surface area contributed by atoms with Crippen LogP contribution in [0.3, 0.4) is 0 Å². The minimum absolute atomic E-state index is 0.0598. The smallest absolute Gasteiger partial charge is 0.178 e. The molecule has 0 bridgehead atoms. The third-order valence-corrected chi connectivity index (χ3v) is 4.51. The van der Waals surface area contributed by atoms with Gasteiger partial charge >= 0.3 is 0 Å². The molecule has 3 rings (SSSR count). The number of aromatic amines is 1. The highest BCUT2D eigenvalue weighted by molar-refractivity contribution is 6.08. The molecule has 0 saturated carbocycles. The number of morpholine rings is 1. The lowest BCUT2D eigenvalue weighted by Gasteiger charge is -2.29. The molecule has 0 atom stereocenters. The van der Waals surface area contributed by atoms with E-state index in [4.69, 9.17) is 4.74 Å². The van der Waals surface area contributed by atoms with E-state index in [0.29, 0.717) is 13.1 Å². The van der Waals surface area contributed by atoms with Gasteiger partial charge in [0.15, 0.2) is 5.78 Å². The molecule has 1 aromatic heterocycles. The average Bonchev–Trinajstić information content (AvgIpc) is 3.05. The number of carbonyl (C=O) groups excluding carboxylic acids is 1. The van der Waals surface area contributed by atoms with Gasteiger partial charge in [-0.3, -0.25) is 14.6 Å². The molecule has 130 valence electrons. The van der Waals surface area contributed by atoms with Gasteiger partial charge in [-0.15, -0.1) is 0 Å². The maximum absolute atomic E-state index is 12.7. The minimum atomic E-state index is 0.0598. The van der Waals surface area contributed by atoms with Crippen molar-refractivity contribution in [3.63, 3.8) is 0 Å². The fourth-order valence-corrected chi connectivity index (χ4v) is 3.11. The number of hydrogen-bond donors (Lipinski definition) is 2. The van der Waals surface area contributed by atoms with Gasteiger partial charge in [-0.2, -0.15) is 0 Å². The number of aliphatic hydroxyl groups is 1. The number of ketones is 1. The van der Waals surface area contributed by atoms with Gasteiger partial charge in [0.1, 0.15) is 0 Å². The van der Waals surface area contributed by atoms with E-state index in [9.17, 15) is 9.90 Å². The van der Waals surface area contributed by atoms with Crippen molar-refractivity contribution in [2.24, 2.45) is 0 Å². The molecule has 0 radical (unpaired) electrons. The molecule has 0 spiro atoms. The number of rotatable bonds is 8. The van der Waals surface area contributed by atoms with E-state index in [1.54, 1.807) is 6.20 Å². The molecule has 24 heavy (non-hydrogen) atoms. The van der Waals surface area contributed by atoms with Crippen LogP contribution in [0.15, 0.2) is 30.5 Å². The molecule has 1 fully saturated rings. The van der Waals surface area contributed by atoms with Crippen molar-refractivity contribution in [2.75, 3.05) is 59.1 Å². The van der Waals surface area contributed by atoms with Gasteiger partial charge in [0.25, 0.3) is 0 Å². The first-order valence-corrected chi connectivity index (χ1v) is 8.50. The molecule has 2 aromatic rings. The highest BCUT2D eigenvalue weighted by Gasteiger charge is 2.17. The first-order chi connectivity index (χ1) is 11.8. The van der Waals surface area contributed by atoms with Crippen molar-refractivity contribution >= 4 is 16.7 Å². The van der Waals surface area contributed by atoms with Crippen LogP contribution in [0.1, 0.15) is 10.4 Å². The van der Waals surface area contributed by atoms with Crippen molar-refractivity contribution in [2.45, 2.75) is 0 Å². The number of aliphatic hydroxyl groups excluding tert-OH is 1. The Kier molecular flexibility index (Phi) is 5.98. The van der Waals surface area contributed by atoms with Gasteiger partial charge in [0.2, 0.25) is 0 Å². The fourth-order valence-electron chi connectivity index (χ4n) is 3.11. The molecule has 2 heterocycles. The van der Waals surface area contributed by atoms with Crippen LogP contribution in [0.25, 0.3) is 10.9 Å². The summed E-state index contributed by atoms with van der Waals surface area (Å²) >= 11 is 0. The predicted molar refractivity (Wildman–Crippen MR) is 93.4 cm³/mol. The Morgan fingerprint density at radius 3 is 2.83 bits per heavy atom. The van der Waals surface area contributed by atoms with E-state index in [2.05, 4.69) is 9.88 Å². The van der Waals surface area contributed by atoms with E-state index in [1.807, 2.05) is 29.2 Å². The van der Waals surface area contributed by atoms with Crippen LogP contribution in [0, 0.1) is 0 Å². The number of fused-ring (bicyclic) bond motifs is 1. The second kappa shape index (κ2) is 8.39. The topological polar surface area (TPSA) is 68.8 Å². The molecule has 1 aromatic carbocycles. The molecule has 6 heteroatoms. The molecular weight excluding hydrogens is 306 g/mol. The number of nitrogens with one attached hydrogen (secondary N) is 1. The summed E-state index contributed by atoms with van der Waals surface area (Å²) in [5.41, 5.74) is 1.70. The van der Waals surface area contributed by atoms with Crippen molar-refractivity contribution in [3.8, 4) is 0 Å². The summed E-state index contributed by atoms with van der Waals surface area (Å²) in [6, 6.07) is 7.82. The number of para-hydroxylation sites is 1. The number of aromatic nitrogens is 1. The molecule has 0 aliphatic carbocycles. The average molecular weight is 331 g/mol. The van der Waals surface area contributed by atoms with Gasteiger partial charge in [0.05, 0.1) is 26.4 Å². The highest BCUT2D eigenvalue weighted by atomic mass is 16.5. The molecule has 1 saturated heterocycles. The molecule has 1 aliphatic heterocycles. The summed E-state index contributed by atoms with van der Waals surface area (Å²) in [5.74, 6) is 0.0860. The number of hydrogen-bond acceptors (Lipinski definition) is 5. The number of ether oxygens (including phenoxy) is 1. The first-order valence-electron chi connectivity index (χ1n) is 8.50. The van der Waals surface area contributed by atoms with Crippen LogP contribution in [0.5, 0.6) is 0 Å². The molecule has 2 N–H and O–H groups in total. The zero-order valence-corrected chi connectivity index (χ0v) is 13.9. The lowest BCUT2D eigenvalue weighted by molar-refractivity contribution is 0.0324. The van der Waals surface area contributed by atoms with Gasteiger partial charge in [-0.1, -0.05) is 18.2 Å². The van der Waals surface area contributed by atoms with E-state index in [0.717, 1.165) is 55.9 Å². The lowest BCUT2D eigenvalue weighted by Crippen LogP contribution is -2.43. The van der Waals surface area contributed by atoms with Gasteiger partial charge < -0.3 is 14.8 Å². The number of Topliss-reactive ketones (excluding diaryl/α,β-unsaturated/α-hetero) is 1. The maximum atomic E-state index is 12.7. The Balaban J connectivity index is 1.60. The van der Waals surface area contributed by atoms with Crippen LogP contribution in [-0.4, -0.2) is 84.8 Å². The predicted octanol–water partition coefficient (Wildman–Crippen LogP) is 0.977. The number of carbonyl (C=O) groups is 1. The third-order valence-electron chi connectivity index (χ3n) is 4.51. The quantitative estimate of drug-likeness (QED) is 0.706. The molecule has 6 nitrogen and oxygen atoms in total. The lowest BCUT2D eigenvalue weighted by atomic mass is 10.1. The van der Waals surface area contributed by atoms with E-state index < -0.39 is 0 Å². The normalized spacial score (nSPS) is 16.1. The molecular formula is C18H25N3O3. The first kappa shape index (κ1) is 17.1. The largest absolute Gasteiger partial charge is 0.395 e. The van der Waals surface area contributed by atoms with Crippen LogP contribution in [0.4, 0.5) is 0 Å². The number of nitrogens with zero attached hydrogens (tertiary/aromatic N) is 2. The van der Waals surface area contributed by atoms with Crippen molar-refractivity contribution in [1.29, 1.82) is 0 Å². The monoisotopic (exact) mass is 331 g/mol. The van der Waals surface area contributed by atoms with Crippen LogP contribution >= 0.6 is 0 Å². The van der Waals surface area contributed by atoms with E-state index >= 15 is 0 Å². The highest BCUT2D eigenvalue weighted by Crippen LogP contribution is 2.18. The maximum Gasteiger partial charge on any atom is 0.178 e. The van der Waals surface area contributed by atoms with Gasteiger partial charge in [0, 0.05) is 55.4 Å². The second-order valence-electron chi connectivity index (χ2n) is 6.12. The second-order valence-corrected chi connectivity index (χ2v) is 6.12. The fraction of sp³-hybridized carbons (Fsp3) is 0.500. The van der Waals surface area contributed by atoms with Gasteiger partial charge in [-0.05, 0) is 6.07 Å². The third kappa shape index (κ3) is 4.21. The van der Waals surface area contributed by atoms with Gasteiger partial charge in [-0.25, -0.2) is 0 Å². The van der Waals surface area contributed by atoms with Crippen LogP contribution in [-0.2, 0) is 4.74 Å². The molecule has 1 aliphatic rings. The Morgan fingerprint density at radius 2 is 2.04 bits per heavy atom. The van der Waals surface area contributed by atoms with Crippen molar-refractivity contribution in [3.05, 3.63) is 36.0 Å². The summed E-state index contributed by atoms with van der Waals surface area (Å²) in [7, 11) is 0. The number of benzene rings is 1. The Hall–Kier alpha value is -1.73. The summed E-state index contributed by atoms with van der Waals surface area (Å²) in [4.78, 5) is 20.2. The summed E-state index contributed by atoms with van der Waals surface area (Å²) in [6.45, 7) is 5.98. The minimum Gasteiger partial charge on any atom is -0.395 e. The molecule has 0 amide bonds. The zero-order valence-electron chi connectivity index (χ0n) is 13.9. The molecule has 0 unspecified atom stereocenters.